The molecule has 1 aromatic heterocycles. The van der Waals surface area contributed by atoms with E-state index in [2.05, 4.69) is 31.3 Å². The maximum Gasteiger partial charge on any atom is 0.174 e. The maximum absolute atomic E-state index is 13.0. The Morgan fingerprint density at radius 3 is 2.46 bits per heavy atom. The molecule has 0 atom stereocenters. The standard InChI is InChI=1S/C6HBBrF2N3/c7-1-3(9)4(10)2(8)6-5(1)11-13-12-6/h(H,11,12,13). The molecule has 0 amide bonds. The van der Waals surface area contributed by atoms with Crippen molar-refractivity contribution in [3.8, 4) is 0 Å². The number of nitrogens with zero attached hydrogens (tertiary/aromatic N) is 2. The van der Waals surface area contributed by atoms with Crippen molar-refractivity contribution in [2.45, 2.75) is 0 Å². The van der Waals surface area contributed by atoms with E-state index >= 15 is 0 Å². The molecule has 0 saturated carbocycles. The third kappa shape index (κ3) is 1.07. The Kier molecular flexibility index (Phi) is 1.83. The van der Waals surface area contributed by atoms with Gasteiger partial charge >= 0.3 is 0 Å². The van der Waals surface area contributed by atoms with Crippen LogP contribution in [0.4, 0.5) is 8.78 Å². The van der Waals surface area contributed by atoms with Crippen molar-refractivity contribution in [3.63, 3.8) is 0 Å². The average molecular weight is 244 g/mol. The molecule has 0 saturated heterocycles. The lowest BCUT2D eigenvalue weighted by atomic mass is 9.94. The quantitative estimate of drug-likeness (QED) is 0.549. The molecule has 2 aromatic rings. The zero-order valence-electron chi connectivity index (χ0n) is 6.11. The molecule has 0 bridgehead atoms. The van der Waals surface area contributed by atoms with Crippen LogP contribution in [0.5, 0.6) is 0 Å². The number of hydrogen-bond donors (Lipinski definition) is 1. The molecule has 13 heavy (non-hydrogen) atoms. The van der Waals surface area contributed by atoms with Gasteiger partial charge in [-0.15, -0.1) is 0 Å². The van der Waals surface area contributed by atoms with E-state index in [1.165, 1.54) is 0 Å². The third-order valence-electron chi connectivity index (χ3n) is 1.63. The van der Waals surface area contributed by atoms with Crippen molar-refractivity contribution in [1.29, 1.82) is 0 Å². The van der Waals surface area contributed by atoms with E-state index in [0.717, 1.165) is 0 Å². The first-order chi connectivity index (χ1) is 6.13. The summed E-state index contributed by atoms with van der Waals surface area (Å²) in [6, 6.07) is 0. The van der Waals surface area contributed by atoms with Crippen LogP contribution >= 0.6 is 15.9 Å². The largest absolute Gasteiger partial charge is 0.204 e. The monoisotopic (exact) mass is 243 g/mol. The first kappa shape index (κ1) is 8.62. The van der Waals surface area contributed by atoms with Crippen molar-refractivity contribution in [2.75, 3.05) is 0 Å². The van der Waals surface area contributed by atoms with Crippen molar-refractivity contribution in [3.05, 3.63) is 16.1 Å². The summed E-state index contributed by atoms with van der Waals surface area (Å²) in [5.74, 6) is -2.17. The molecule has 0 unspecified atom stereocenters. The molecule has 2 radical (unpaired) electrons. The molecular formula is C6HBBrF2N3. The number of rotatable bonds is 0. The summed E-state index contributed by atoms with van der Waals surface area (Å²) in [5.41, 5.74) is -0.0494. The number of benzene rings is 1. The fourth-order valence-corrected chi connectivity index (χ4v) is 1.44. The van der Waals surface area contributed by atoms with Crippen LogP contribution in [0.2, 0.25) is 0 Å². The Hall–Kier alpha value is -0.975. The van der Waals surface area contributed by atoms with Crippen molar-refractivity contribution in [1.82, 2.24) is 15.4 Å². The summed E-state index contributed by atoms with van der Waals surface area (Å²) in [7, 11) is 5.27. The number of halogens is 3. The van der Waals surface area contributed by atoms with Gasteiger partial charge in [0.1, 0.15) is 18.9 Å². The minimum Gasteiger partial charge on any atom is -0.204 e. The molecule has 0 aliphatic heterocycles. The molecule has 0 aliphatic rings. The zero-order chi connectivity index (χ0) is 9.59. The van der Waals surface area contributed by atoms with Crippen LogP contribution < -0.4 is 5.46 Å². The van der Waals surface area contributed by atoms with Gasteiger partial charge in [0.2, 0.25) is 0 Å². The number of fused-ring (bicyclic) bond motifs is 1. The molecule has 2 rings (SSSR count). The highest BCUT2D eigenvalue weighted by Crippen LogP contribution is 2.23. The van der Waals surface area contributed by atoms with Crippen molar-refractivity contribution >= 4 is 40.3 Å². The van der Waals surface area contributed by atoms with Gasteiger partial charge in [-0.25, -0.2) is 8.78 Å². The second-order valence-corrected chi connectivity index (χ2v) is 3.17. The summed E-state index contributed by atoms with van der Waals surface area (Å²) < 4.78 is 25.9. The van der Waals surface area contributed by atoms with Crippen LogP contribution in [0.15, 0.2) is 4.47 Å². The first-order valence-electron chi connectivity index (χ1n) is 3.25. The van der Waals surface area contributed by atoms with E-state index in [9.17, 15) is 8.78 Å². The maximum atomic E-state index is 13.0. The fourth-order valence-electron chi connectivity index (χ4n) is 0.994. The normalized spacial score (nSPS) is 11.0. The number of aromatic amines is 1. The average Bonchev–Trinajstić information content (AvgIpc) is 2.59. The van der Waals surface area contributed by atoms with Crippen LogP contribution in [0, 0.1) is 11.6 Å². The SMILES string of the molecule is [B]c1c(F)c(F)c(Br)c2n[nH]nc12. The second-order valence-electron chi connectivity index (χ2n) is 2.38. The Morgan fingerprint density at radius 1 is 1.15 bits per heavy atom. The van der Waals surface area contributed by atoms with E-state index in [-0.39, 0.29) is 21.0 Å². The number of hydrogen-bond acceptors (Lipinski definition) is 2. The van der Waals surface area contributed by atoms with Gasteiger partial charge in [-0.05, 0) is 21.4 Å². The van der Waals surface area contributed by atoms with Crippen LogP contribution in [0.1, 0.15) is 0 Å². The predicted octanol–water partition coefficient (Wildman–Crippen LogP) is 0.792. The molecule has 1 aromatic carbocycles. The topological polar surface area (TPSA) is 41.6 Å². The summed E-state index contributed by atoms with van der Waals surface area (Å²) in [4.78, 5) is 0. The highest BCUT2D eigenvalue weighted by Gasteiger charge is 2.17. The lowest BCUT2D eigenvalue weighted by molar-refractivity contribution is 0.511. The number of aromatic nitrogens is 3. The Morgan fingerprint density at radius 2 is 1.77 bits per heavy atom. The van der Waals surface area contributed by atoms with Gasteiger partial charge in [-0.1, -0.05) is 0 Å². The Bertz CT molecular complexity index is 442. The molecule has 0 fully saturated rings. The molecule has 1 N–H and O–H groups in total. The van der Waals surface area contributed by atoms with Gasteiger partial charge in [0.05, 0.1) is 4.47 Å². The molecule has 64 valence electrons. The van der Waals surface area contributed by atoms with Gasteiger partial charge < -0.3 is 0 Å². The van der Waals surface area contributed by atoms with E-state index in [1.54, 1.807) is 0 Å². The molecule has 0 spiro atoms. The van der Waals surface area contributed by atoms with E-state index in [4.69, 9.17) is 7.85 Å². The van der Waals surface area contributed by atoms with Gasteiger partial charge in [-0.3, -0.25) is 0 Å². The lowest BCUT2D eigenvalue weighted by Crippen LogP contribution is -2.13. The minimum atomic E-state index is -1.12. The van der Waals surface area contributed by atoms with Crippen LogP contribution in [-0.4, -0.2) is 23.3 Å². The molecule has 0 aliphatic carbocycles. The first-order valence-corrected chi connectivity index (χ1v) is 4.04. The van der Waals surface area contributed by atoms with Crippen LogP contribution in [0.3, 0.4) is 0 Å². The predicted molar refractivity (Wildman–Crippen MR) is 46.9 cm³/mol. The molecule has 3 nitrogen and oxygen atoms in total. The van der Waals surface area contributed by atoms with E-state index in [1.807, 2.05) is 0 Å². The van der Waals surface area contributed by atoms with E-state index in [0.29, 0.717) is 0 Å². The zero-order valence-corrected chi connectivity index (χ0v) is 7.69. The lowest BCUT2D eigenvalue weighted by Gasteiger charge is -2.00. The molecule has 7 heteroatoms. The highest BCUT2D eigenvalue weighted by molar-refractivity contribution is 9.10. The van der Waals surface area contributed by atoms with Crippen LogP contribution in [-0.2, 0) is 0 Å². The number of H-pyrrole nitrogens is 1. The minimum absolute atomic E-state index is 0.0806. The third-order valence-corrected chi connectivity index (χ3v) is 2.36. The van der Waals surface area contributed by atoms with Crippen LogP contribution in [0.25, 0.3) is 11.0 Å². The number of nitrogens with one attached hydrogen (secondary N) is 1. The smallest absolute Gasteiger partial charge is 0.174 e. The van der Waals surface area contributed by atoms with Crippen molar-refractivity contribution in [2.24, 2.45) is 0 Å². The second kappa shape index (κ2) is 2.76. The summed E-state index contributed by atoms with van der Waals surface area (Å²) in [6.45, 7) is 0. The van der Waals surface area contributed by atoms with Crippen molar-refractivity contribution < 1.29 is 8.78 Å². The summed E-state index contributed by atoms with van der Waals surface area (Å²) >= 11 is 2.85. The molecule has 1 heterocycles. The van der Waals surface area contributed by atoms with Gasteiger partial charge in [0, 0.05) is 0 Å². The molecular weight excluding hydrogens is 243 g/mol. The van der Waals surface area contributed by atoms with Gasteiger partial charge in [0.25, 0.3) is 0 Å². The fraction of sp³-hybridized carbons (Fsp3) is 0. The summed E-state index contributed by atoms with van der Waals surface area (Å²) in [6.07, 6.45) is 0. The highest BCUT2D eigenvalue weighted by atomic mass is 79.9. The Labute approximate surface area is 81.0 Å². The van der Waals surface area contributed by atoms with Gasteiger partial charge in [0.15, 0.2) is 11.6 Å². The van der Waals surface area contributed by atoms with E-state index < -0.39 is 11.6 Å². The Balaban J connectivity index is 3.02. The summed E-state index contributed by atoms with van der Waals surface area (Å²) in [5, 5.41) is 9.43. The van der Waals surface area contributed by atoms with Gasteiger partial charge in [-0.2, -0.15) is 15.4 Å².